The third-order valence-electron chi connectivity index (χ3n) is 5.56. The minimum Gasteiger partial charge on any atom is -0.334 e. The maximum Gasteiger partial charge on any atom is 0.254 e. The van der Waals surface area contributed by atoms with E-state index in [1.54, 1.807) is 59.9 Å². The van der Waals surface area contributed by atoms with Crippen LogP contribution < -0.4 is 10.0 Å². The lowest BCUT2D eigenvalue weighted by molar-refractivity contribution is -0.111. The molecule has 0 unspecified atom stereocenters. The minimum atomic E-state index is -3.34. The van der Waals surface area contributed by atoms with E-state index in [0.29, 0.717) is 30.0 Å². The predicted octanol–water partition coefficient (Wildman–Crippen LogP) is 4.28. The molecule has 4 rings (SSSR count). The average Bonchev–Trinajstić information content (AvgIpc) is 3.26. The van der Waals surface area contributed by atoms with Crippen molar-refractivity contribution in [2.75, 3.05) is 22.8 Å². The van der Waals surface area contributed by atoms with Crippen LogP contribution in [0.3, 0.4) is 0 Å². The number of fused-ring (bicyclic) bond motifs is 1. The van der Waals surface area contributed by atoms with Crippen LogP contribution in [0.2, 0.25) is 0 Å². The molecular formula is C25H25N3O4S2. The smallest absolute Gasteiger partial charge is 0.254 e. The lowest BCUT2D eigenvalue weighted by atomic mass is 10.0. The fourth-order valence-electron chi connectivity index (χ4n) is 3.82. The third-order valence-corrected chi connectivity index (χ3v) is 7.19. The van der Waals surface area contributed by atoms with Crippen molar-refractivity contribution >= 4 is 50.6 Å². The first kappa shape index (κ1) is 23.7. The third kappa shape index (κ3) is 5.73. The van der Waals surface area contributed by atoms with Crippen molar-refractivity contribution in [3.8, 4) is 0 Å². The number of sulfonamides is 1. The first-order valence-corrected chi connectivity index (χ1v) is 13.5. The normalized spacial score (nSPS) is 13.5. The number of nitrogens with zero attached hydrogens (tertiary/aromatic N) is 1. The first-order valence-electron chi connectivity index (χ1n) is 10.7. The SMILES string of the molecule is Cc1c(NC(=O)/C=C/c2ccc(NS(C)(=O)=O)cc2)cccc1C(=O)N1CCc2sccc2C1. The van der Waals surface area contributed by atoms with Gasteiger partial charge in [0.15, 0.2) is 0 Å². The lowest BCUT2D eigenvalue weighted by Crippen LogP contribution is -2.35. The van der Waals surface area contributed by atoms with E-state index in [4.69, 9.17) is 0 Å². The van der Waals surface area contributed by atoms with Crippen LogP contribution >= 0.6 is 11.3 Å². The number of nitrogens with one attached hydrogen (secondary N) is 2. The molecule has 2 N–H and O–H groups in total. The summed E-state index contributed by atoms with van der Waals surface area (Å²) in [6, 6.07) is 14.1. The second-order valence-electron chi connectivity index (χ2n) is 8.14. The van der Waals surface area contributed by atoms with Crippen LogP contribution in [0.15, 0.2) is 60.0 Å². The van der Waals surface area contributed by atoms with Crippen LogP contribution in [0, 0.1) is 6.92 Å². The molecule has 34 heavy (non-hydrogen) atoms. The summed E-state index contributed by atoms with van der Waals surface area (Å²) in [7, 11) is -3.34. The fraction of sp³-hybridized carbons (Fsp3) is 0.200. The summed E-state index contributed by atoms with van der Waals surface area (Å²) in [6.45, 7) is 3.12. The van der Waals surface area contributed by atoms with Crippen molar-refractivity contribution in [3.63, 3.8) is 0 Å². The summed E-state index contributed by atoms with van der Waals surface area (Å²) in [5, 5.41) is 4.91. The van der Waals surface area contributed by atoms with Gasteiger partial charge >= 0.3 is 0 Å². The van der Waals surface area contributed by atoms with Gasteiger partial charge in [0.2, 0.25) is 15.9 Å². The molecule has 0 atom stereocenters. The van der Waals surface area contributed by atoms with Crippen molar-refractivity contribution in [1.82, 2.24) is 4.90 Å². The standard InChI is InChI=1S/C25H25N3O4S2/c1-17-21(25(30)28-14-12-23-19(16-28)13-15-33-23)4-3-5-22(17)26-24(29)11-8-18-6-9-20(10-7-18)27-34(2,31)32/h3-11,13,15,27H,12,14,16H2,1-2H3,(H,26,29)/b11-8+. The van der Waals surface area contributed by atoms with Crippen molar-refractivity contribution in [2.24, 2.45) is 0 Å². The van der Waals surface area contributed by atoms with Crippen LogP contribution in [0.5, 0.6) is 0 Å². The van der Waals surface area contributed by atoms with Gasteiger partial charge in [-0.2, -0.15) is 0 Å². The second kappa shape index (κ2) is 9.82. The number of thiophene rings is 1. The van der Waals surface area contributed by atoms with E-state index < -0.39 is 10.0 Å². The Hall–Kier alpha value is -3.43. The number of rotatable bonds is 6. The van der Waals surface area contributed by atoms with Crippen molar-refractivity contribution in [2.45, 2.75) is 19.9 Å². The number of anilines is 2. The average molecular weight is 496 g/mol. The largest absolute Gasteiger partial charge is 0.334 e. The molecule has 0 bridgehead atoms. The fourth-order valence-corrected chi connectivity index (χ4v) is 5.27. The summed E-state index contributed by atoms with van der Waals surface area (Å²) in [5.41, 5.74) is 4.28. The van der Waals surface area contributed by atoms with E-state index in [1.165, 1.54) is 16.5 Å². The number of carbonyl (C=O) groups excluding carboxylic acids is 2. The summed E-state index contributed by atoms with van der Waals surface area (Å²) < 4.78 is 25.0. The van der Waals surface area contributed by atoms with E-state index in [2.05, 4.69) is 21.5 Å². The Bertz CT molecular complexity index is 1360. The molecule has 0 fully saturated rings. The zero-order valence-corrected chi connectivity index (χ0v) is 20.5. The van der Waals surface area contributed by atoms with E-state index in [1.807, 2.05) is 11.8 Å². The zero-order valence-electron chi connectivity index (χ0n) is 18.9. The van der Waals surface area contributed by atoms with E-state index in [-0.39, 0.29) is 11.8 Å². The second-order valence-corrected chi connectivity index (χ2v) is 10.9. The Morgan fingerprint density at radius 2 is 1.85 bits per heavy atom. The molecule has 176 valence electrons. The topological polar surface area (TPSA) is 95.6 Å². The number of amides is 2. The molecule has 9 heteroatoms. The molecule has 0 saturated carbocycles. The molecule has 7 nitrogen and oxygen atoms in total. The molecule has 0 saturated heterocycles. The molecule has 2 amide bonds. The maximum atomic E-state index is 13.2. The number of hydrogen-bond acceptors (Lipinski definition) is 5. The molecule has 0 radical (unpaired) electrons. The zero-order chi connectivity index (χ0) is 24.3. The van der Waals surface area contributed by atoms with Gasteiger partial charge in [0.1, 0.15) is 0 Å². The van der Waals surface area contributed by atoms with Gasteiger partial charge in [-0.3, -0.25) is 14.3 Å². The summed E-state index contributed by atoms with van der Waals surface area (Å²) in [6.07, 6.45) is 4.98. The van der Waals surface area contributed by atoms with Gasteiger partial charge < -0.3 is 10.2 Å². The van der Waals surface area contributed by atoms with Crippen molar-refractivity contribution < 1.29 is 18.0 Å². The Kier molecular flexibility index (Phi) is 6.85. The van der Waals surface area contributed by atoms with Gasteiger partial charge in [0.25, 0.3) is 5.91 Å². The molecule has 1 aliphatic rings. The highest BCUT2D eigenvalue weighted by molar-refractivity contribution is 7.92. The Morgan fingerprint density at radius 1 is 1.09 bits per heavy atom. The number of hydrogen-bond donors (Lipinski definition) is 2. The van der Waals surface area contributed by atoms with Crippen LogP contribution in [0.4, 0.5) is 11.4 Å². The molecule has 2 heterocycles. The summed E-state index contributed by atoms with van der Waals surface area (Å²) >= 11 is 1.73. The molecule has 3 aromatic rings. The maximum absolute atomic E-state index is 13.2. The van der Waals surface area contributed by atoms with Crippen LogP contribution in [-0.4, -0.2) is 37.9 Å². The highest BCUT2D eigenvalue weighted by Crippen LogP contribution is 2.27. The van der Waals surface area contributed by atoms with Crippen LogP contribution in [-0.2, 0) is 27.8 Å². The highest BCUT2D eigenvalue weighted by atomic mass is 32.2. The van der Waals surface area contributed by atoms with Gasteiger partial charge in [0, 0.05) is 41.0 Å². The van der Waals surface area contributed by atoms with Crippen LogP contribution in [0.1, 0.15) is 31.9 Å². The van der Waals surface area contributed by atoms with Gasteiger partial charge in [-0.1, -0.05) is 18.2 Å². The van der Waals surface area contributed by atoms with Crippen molar-refractivity contribution in [1.29, 1.82) is 0 Å². The quantitative estimate of drug-likeness (QED) is 0.499. The van der Waals surface area contributed by atoms with Gasteiger partial charge in [-0.05, 0) is 71.8 Å². The van der Waals surface area contributed by atoms with E-state index in [0.717, 1.165) is 23.8 Å². The molecule has 0 aliphatic carbocycles. The van der Waals surface area contributed by atoms with Crippen molar-refractivity contribution in [3.05, 3.63) is 87.1 Å². The number of carbonyl (C=O) groups is 2. The molecule has 2 aromatic carbocycles. The van der Waals surface area contributed by atoms with Gasteiger partial charge in [-0.15, -0.1) is 11.3 Å². The molecular weight excluding hydrogens is 470 g/mol. The van der Waals surface area contributed by atoms with E-state index in [9.17, 15) is 18.0 Å². The first-order chi connectivity index (χ1) is 16.2. The highest BCUT2D eigenvalue weighted by Gasteiger charge is 2.24. The van der Waals surface area contributed by atoms with Crippen LogP contribution in [0.25, 0.3) is 6.08 Å². The van der Waals surface area contributed by atoms with Gasteiger partial charge in [-0.25, -0.2) is 8.42 Å². The Morgan fingerprint density at radius 3 is 2.59 bits per heavy atom. The van der Waals surface area contributed by atoms with Gasteiger partial charge in [0.05, 0.1) is 6.26 Å². The monoisotopic (exact) mass is 495 g/mol. The molecule has 1 aromatic heterocycles. The lowest BCUT2D eigenvalue weighted by Gasteiger charge is -2.28. The summed E-state index contributed by atoms with van der Waals surface area (Å²) in [5.74, 6) is -0.365. The molecule has 0 spiro atoms. The predicted molar refractivity (Wildman–Crippen MR) is 137 cm³/mol. The molecule has 1 aliphatic heterocycles. The van der Waals surface area contributed by atoms with E-state index >= 15 is 0 Å². The minimum absolute atomic E-state index is 0.0382. The Balaban J connectivity index is 1.42. The Labute approximate surface area is 203 Å². The summed E-state index contributed by atoms with van der Waals surface area (Å²) in [4.78, 5) is 28.9. The number of benzene rings is 2.